The molecule has 2 aromatic rings. The molecule has 0 amide bonds. The molecule has 1 saturated heterocycles. The summed E-state index contributed by atoms with van der Waals surface area (Å²) in [5, 5.41) is 0. The van der Waals surface area contributed by atoms with Crippen LogP contribution in [-0.2, 0) is 11.2 Å². The summed E-state index contributed by atoms with van der Waals surface area (Å²) in [6, 6.07) is 3.96. The van der Waals surface area contributed by atoms with Gasteiger partial charge in [0, 0.05) is 19.2 Å². The minimum absolute atomic E-state index is 0.136. The predicted molar refractivity (Wildman–Crippen MR) is 65.7 cm³/mol. The smallest absolute Gasteiger partial charge is 0.162 e. The van der Waals surface area contributed by atoms with Crippen molar-refractivity contribution in [2.75, 3.05) is 6.61 Å². The van der Waals surface area contributed by atoms with Gasteiger partial charge in [0.1, 0.15) is 17.6 Å². The van der Waals surface area contributed by atoms with E-state index in [9.17, 15) is 0 Å². The lowest BCUT2D eigenvalue weighted by Gasteiger charge is -2.14. The number of hydrogen-bond donors (Lipinski definition) is 0. The lowest BCUT2D eigenvalue weighted by molar-refractivity contribution is 0.0571. The van der Waals surface area contributed by atoms with Gasteiger partial charge in [0.2, 0.25) is 0 Å². The summed E-state index contributed by atoms with van der Waals surface area (Å²) >= 11 is 0. The minimum Gasteiger partial charge on any atom is -0.358 e. The number of pyridine rings is 1. The van der Waals surface area contributed by atoms with Crippen LogP contribution in [0.3, 0.4) is 0 Å². The number of ether oxygens (including phenoxy) is 1. The molecule has 4 nitrogen and oxygen atoms in total. The normalized spacial score (nSPS) is 20.2. The van der Waals surface area contributed by atoms with Crippen LogP contribution >= 0.6 is 0 Å². The number of nitrogens with zero attached hydrogens (tertiary/aromatic N) is 3. The molecule has 17 heavy (non-hydrogen) atoms. The molecule has 90 valence electrons. The Morgan fingerprint density at radius 2 is 2.47 bits per heavy atom. The Hall–Kier alpha value is -1.42. The number of imidazole rings is 1. The van der Waals surface area contributed by atoms with Gasteiger partial charge in [-0.25, -0.2) is 9.97 Å². The van der Waals surface area contributed by atoms with Crippen LogP contribution in [0.5, 0.6) is 0 Å². The van der Waals surface area contributed by atoms with Crippen molar-refractivity contribution in [3.05, 3.63) is 24.2 Å². The van der Waals surface area contributed by atoms with E-state index < -0.39 is 0 Å². The number of fused-ring (bicyclic) bond motifs is 1. The van der Waals surface area contributed by atoms with Crippen LogP contribution in [0.4, 0.5) is 0 Å². The monoisotopic (exact) mass is 231 g/mol. The summed E-state index contributed by atoms with van der Waals surface area (Å²) in [4.78, 5) is 9.12. The number of aryl methyl sites for hydroxylation is 1. The van der Waals surface area contributed by atoms with Crippen molar-refractivity contribution in [3.63, 3.8) is 0 Å². The Morgan fingerprint density at radius 1 is 1.53 bits per heavy atom. The second kappa shape index (κ2) is 4.45. The Kier molecular flexibility index (Phi) is 2.81. The fourth-order valence-electron chi connectivity index (χ4n) is 2.44. The Morgan fingerprint density at radius 3 is 3.24 bits per heavy atom. The van der Waals surface area contributed by atoms with Crippen molar-refractivity contribution in [3.8, 4) is 0 Å². The van der Waals surface area contributed by atoms with E-state index in [1.807, 2.05) is 18.3 Å². The maximum atomic E-state index is 5.78. The molecular formula is C13H17N3O. The first-order valence-corrected chi connectivity index (χ1v) is 6.33. The Balaban J connectivity index is 2.13. The third-order valence-electron chi connectivity index (χ3n) is 3.19. The molecule has 0 saturated carbocycles. The molecule has 0 N–H and O–H groups in total. The van der Waals surface area contributed by atoms with Crippen molar-refractivity contribution in [2.24, 2.45) is 0 Å². The molecule has 2 aromatic heterocycles. The zero-order valence-corrected chi connectivity index (χ0v) is 10.1. The van der Waals surface area contributed by atoms with Gasteiger partial charge in [0.25, 0.3) is 0 Å². The number of hydrogen-bond acceptors (Lipinski definition) is 3. The SMILES string of the molecule is CCCc1nc2cccnc2n1C1CCCO1. The number of aromatic nitrogens is 3. The topological polar surface area (TPSA) is 39.9 Å². The van der Waals surface area contributed by atoms with Crippen LogP contribution in [0.25, 0.3) is 11.2 Å². The first kappa shape index (κ1) is 10.7. The lowest BCUT2D eigenvalue weighted by Crippen LogP contribution is -2.11. The van der Waals surface area contributed by atoms with Crippen LogP contribution < -0.4 is 0 Å². The average Bonchev–Trinajstić information content (AvgIpc) is 2.94. The molecule has 0 spiro atoms. The molecule has 1 aliphatic heterocycles. The van der Waals surface area contributed by atoms with Crippen LogP contribution in [0.15, 0.2) is 18.3 Å². The second-order valence-corrected chi connectivity index (χ2v) is 4.46. The molecule has 3 rings (SSSR count). The van der Waals surface area contributed by atoms with E-state index >= 15 is 0 Å². The molecule has 0 bridgehead atoms. The molecule has 4 heteroatoms. The Labute approximate surface area is 101 Å². The van der Waals surface area contributed by atoms with E-state index in [-0.39, 0.29) is 6.23 Å². The highest BCUT2D eigenvalue weighted by Gasteiger charge is 2.23. The van der Waals surface area contributed by atoms with Gasteiger partial charge in [-0.15, -0.1) is 0 Å². The fraction of sp³-hybridized carbons (Fsp3) is 0.538. The third-order valence-corrected chi connectivity index (χ3v) is 3.19. The van der Waals surface area contributed by atoms with Crippen molar-refractivity contribution in [1.82, 2.24) is 14.5 Å². The maximum absolute atomic E-state index is 5.78. The highest BCUT2D eigenvalue weighted by atomic mass is 16.5. The molecule has 1 fully saturated rings. The molecule has 0 radical (unpaired) electrons. The van der Waals surface area contributed by atoms with Crippen molar-refractivity contribution < 1.29 is 4.74 Å². The first-order valence-electron chi connectivity index (χ1n) is 6.33. The van der Waals surface area contributed by atoms with Crippen LogP contribution in [0.2, 0.25) is 0 Å². The zero-order valence-electron chi connectivity index (χ0n) is 10.1. The van der Waals surface area contributed by atoms with E-state index in [2.05, 4.69) is 21.5 Å². The maximum Gasteiger partial charge on any atom is 0.162 e. The van der Waals surface area contributed by atoms with Gasteiger partial charge in [-0.2, -0.15) is 0 Å². The third kappa shape index (κ3) is 1.82. The summed E-state index contributed by atoms with van der Waals surface area (Å²) in [5.41, 5.74) is 1.94. The highest BCUT2D eigenvalue weighted by molar-refractivity contribution is 5.71. The lowest BCUT2D eigenvalue weighted by atomic mass is 10.3. The molecular weight excluding hydrogens is 214 g/mol. The van der Waals surface area contributed by atoms with Crippen molar-refractivity contribution >= 4 is 11.2 Å². The molecule has 0 aromatic carbocycles. The van der Waals surface area contributed by atoms with Crippen LogP contribution in [-0.4, -0.2) is 21.1 Å². The highest BCUT2D eigenvalue weighted by Crippen LogP contribution is 2.28. The van der Waals surface area contributed by atoms with Gasteiger partial charge >= 0.3 is 0 Å². The van der Waals surface area contributed by atoms with Gasteiger partial charge < -0.3 is 4.74 Å². The summed E-state index contributed by atoms with van der Waals surface area (Å²) in [6.07, 6.45) is 6.23. The van der Waals surface area contributed by atoms with Gasteiger partial charge in [-0.3, -0.25) is 4.57 Å². The van der Waals surface area contributed by atoms with E-state index in [0.29, 0.717) is 0 Å². The largest absolute Gasteiger partial charge is 0.358 e. The van der Waals surface area contributed by atoms with E-state index in [0.717, 1.165) is 49.3 Å². The predicted octanol–water partition coefficient (Wildman–Crippen LogP) is 2.69. The zero-order chi connectivity index (χ0) is 11.7. The molecule has 1 atom stereocenters. The van der Waals surface area contributed by atoms with Gasteiger partial charge in [-0.05, 0) is 31.4 Å². The fourth-order valence-corrected chi connectivity index (χ4v) is 2.44. The standard InChI is InChI=1S/C13H17N3O/c1-2-5-11-15-10-6-3-8-14-13(10)16(11)12-7-4-9-17-12/h3,6,8,12H,2,4-5,7,9H2,1H3. The van der Waals surface area contributed by atoms with Gasteiger partial charge in [0.05, 0.1) is 0 Å². The minimum atomic E-state index is 0.136. The summed E-state index contributed by atoms with van der Waals surface area (Å²) in [6.45, 7) is 3.02. The molecule has 3 heterocycles. The van der Waals surface area contributed by atoms with Crippen LogP contribution in [0.1, 0.15) is 38.2 Å². The van der Waals surface area contributed by atoms with E-state index in [4.69, 9.17) is 4.74 Å². The summed E-state index contributed by atoms with van der Waals surface area (Å²) in [5.74, 6) is 1.10. The van der Waals surface area contributed by atoms with Gasteiger partial charge in [0.15, 0.2) is 5.65 Å². The summed E-state index contributed by atoms with van der Waals surface area (Å²) in [7, 11) is 0. The average molecular weight is 231 g/mol. The van der Waals surface area contributed by atoms with E-state index in [1.165, 1.54) is 0 Å². The second-order valence-electron chi connectivity index (χ2n) is 4.46. The first-order chi connectivity index (χ1) is 8.40. The van der Waals surface area contributed by atoms with E-state index in [1.54, 1.807) is 0 Å². The Bertz CT molecular complexity index is 514. The molecule has 1 aliphatic rings. The quantitative estimate of drug-likeness (QED) is 0.815. The number of rotatable bonds is 3. The van der Waals surface area contributed by atoms with Crippen molar-refractivity contribution in [2.45, 2.75) is 38.8 Å². The molecule has 0 aliphatic carbocycles. The summed E-state index contributed by atoms with van der Waals surface area (Å²) < 4.78 is 7.96. The molecule has 1 unspecified atom stereocenters. The van der Waals surface area contributed by atoms with Crippen LogP contribution in [0, 0.1) is 0 Å². The van der Waals surface area contributed by atoms with Gasteiger partial charge in [-0.1, -0.05) is 6.92 Å². The van der Waals surface area contributed by atoms with Crippen molar-refractivity contribution in [1.29, 1.82) is 0 Å².